The first-order chi connectivity index (χ1) is 15.4. The van der Waals surface area contributed by atoms with Crippen molar-refractivity contribution in [3.05, 3.63) is 63.2 Å². The van der Waals surface area contributed by atoms with E-state index in [1.54, 1.807) is 49.4 Å². The number of thioether (sulfide) groups is 1. The van der Waals surface area contributed by atoms with Crippen LogP contribution in [0.15, 0.2) is 57.6 Å². The molecule has 2 aromatic rings. The maximum atomic E-state index is 12.6. The predicted molar refractivity (Wildman–Crippen MR) is 127 cm³/mol. The molecule has 0 saturated heterocycles. The number of benzene rings is 2. The Morgan fingerprint density at radius 3 is 2.38 bits per heavy atom. The van der Waals surface area contributed by atoms with Crippen LogP contribution >= 0.6 is 23.4 Å². The summed E-state index contributed by atoms with van der Waals surface area (Å²) in [6.45, 7) is 1.86. The number of carbonyl (C=O) groups is 1. The molecule has 2 aromatic carbocycles. The van der Waals surface area contributed by atoms with Crippen molar-refractivity contribution in [2.75, 3.05) is 27.9 Å². The number of aliphatic hydroxyl groups excluding tert-OH is 1. The van der Waals surface area contributed by atoms with E-state index >= 15 is 0 Å². The first-order valence-electron chi connectivity index (χ1n) is 9.56. The second-order valence-corrected chi connectivity index (χ2v) is 7.88. The van der Waals surface area contributed by atoms with Crippen LogP contribution in [0.5, 0.6) is 17.2 Å². The third-order valence-electron chi connectivity index (χ3n) is 4.39. The molecule has 1 aliphatic heterocycles. The molecule has 0 radical (unpaired) electrons. The van der Waals surface area contributed by atoms with Crippen LogP contribution in [0.3, 0.4) is 0 Å². The summed E-state index contributed by atoms with van der Waals surface area (Å²) >= 11 is 7.19. The van der Waals surface area contributed by atoms with Crippen LogP contribution in [-0.2, 0) is 9.53 Å². The summed E-state index contributed by atoms with van der Waals surface area (Å²) in [7, 11) is 4.55. The van der Waals surface area contributed by atoms with Gasteiger partial charge in [-0.2, -0.15) is 0 Å². The van der Waals surface area contributed by atoms with Gasteiger partial charge in [0.05, 0.1) is 38.5 Å². The van der Waals surface area contributed by atoms with Crippen molar-refractivity contribution in [3.8, 4) is 17.2 Å². The molecular weight excluding hydrogens is 454 g/mol. The van der Waals surface area contributed by atoms with E-state index in [0.717, 1.165) is 11.8 Å². The fourth-order valence-corrected chi connectivity index (χ4v) is 4.21. The van der Waals surface area contributed by atoms with Gasteiger partial charge in [0.1, 0.15) is 16.4 Å². The van der Waals surface area contributed by atoms with Crippen LogP contribution in [0.2, 0.25) is 5.02 Å². The number of esters is 1. The van der Waals surface area contributed by atoms with Crippen molar-refractivity contribution >= 4 is 46.1 Å². The molecule has 0 spiro atoms. The summed E-state index contributed by atoms with van der Waals surface area (Å²) in [5.74, 6) is 0.494. The van der Waals surface area contributed by atoms with Crippen LogP contribution in [0, 0.1) is 0 Å². The Hall–Kier alpha value is -3.10. The summed E-state index contributed by atoms with van der Waals surface area (Å²) in [5, 5.41) is 11.7. The Morgan fingerprint density at radius 2 is 1.81 bits per heavy atom. The highest BCUT2D eigenvalue weighted by Crippen LogP contribution is 2.43. The quantitative estimate of drug-likeness (QED) is 0.524. The summed E-state index contributed by atoms with van der Waals surface area (Å²) in [5.41, 5.74) is 1.21. The average molecular weight is 476 g/mol. The molecule has 168 valence electrons. The lowest BCUT2D eigenvalue weighted by molar-refractivity contribution is -0.138. The maximum absolute atomic E-state index is 12.6. The number of aliphatic imine (C=N–C) groups is 1. The molecule has 0 aliphatic carbocycles. The minimum absolute atomic E-state index is 0.00415. The van der Waals surface area contributed by atoms with Crippen molar-refractivity contribution in [1.29, 1.82) is 0 Å². The van der Waals surface area contributed by atoms with E-state index in [9.17, 15) is 9.90 Å². The average Bonchev–Trinajstić information content (AvgIpc) is 3.07. The second-order valence-electron chi connectivity index (χ2n) is 6.41. The molecule has 1 aliphatic rings. The lowest BCUT2D eigenvalue weighted by Gasteiger charge is -2.13. The zero-order valence-electron chi connectivity index (χ0n) is 18.0. The van der Waals surface area contributed by atoms with Crippen LogP contribution in [0.25, 0.3) is 6.08 Å². The number of nitrogens with zero attached hydrogens (tertiary/aromatic N) is 1. The third kappa shape index (κ3) is 5.03. The number of hydrogen-bond donors (Lipinski definition) is 1. The van der Waals surface area contributed by atoms with Crippen LogP contribution in [0.1, 0.15) is 12.5 Å². The predicted octanol–water partition coefficient (Wildman–Crippen LogP) is 5.56. The number of ether oxygens (including phenoxy) is 4. The van der Waals surface area contributed by atoms with E-state index in [0.29, 0.717) is 43.5 Å². The van der Waals surface area contributed by atoms with Gasteiger partial charge in [-0.05, 0) is 48.9 Å². The largest absolute Gasteiger partial charge is 0.506 e. The Kier molecular flexibility index (Phi) is 7.71. The van der Waals surface area contributed by atoms with E-state index in [-0.39, 0.29) is 17.9 Å². The SMILES string of the molecule is CCOC(=O)C1=C(O)/C(=C\c2cc(OC)c(OC)c(OC)c2)SC1=Nc1cccc(Cl)c1. The number of halogens is 1. The van der Waals surface area contributed by atoms with Crippen LogP contribution < -0.4 is 14.2 Å². The van der Waals surface area contributed by atoms with E-state index in [1.807, 2.05) is 0 Å². The summed E-state index contributed by atoms with van der Waals surface area (Å²) in [4.78, 5) is 17.5. The van der Waals surface area contributed by atoms with E-state index < -0.39 is 5.97 Å². The summed E-state index contributed by atoms with van der Waals surface area (Å²) in [6.07, 6.45) is 1.70. The van der Waals surface area contributed by atoms with Crippen molar-refractivity contribution in [1.82, 2.24) is 0 Å². The minimum atomic E-state index is -0.661. The molecule has 0 fully saturated rings. The number of carbonyl (C=O) groups excluding carboxylic acids is 1. The first-order valence-corrected chi connectivity index (χ1v) is 10.8. The molecular formula is C23H22ClNO6S. The van der Waals surface area contributed by atoms with Gasteiger partial charge in [0.15, 0.2) is 11.5 Å². The third-order valence-corrected chi connectivity index (χ3v) is 5.65. The fourth-order valence-electron chi connectivity index (χ4n) is 2.99. The van der Waals surface area contributed by atoms with Crippen molar-refractivity contribution in [2.24, 2.45) is 4.99 Å². The molecule has 32 heavy (non-hydrogen) atoms. The lowest BCUT2D eigenvalue weighted by atomic mass is 10.1. The normalized spacial score (nSPS) is 15.9. The van der Waals surface area contributed by atoms with Gasteiger partial charge in [-0.1, -0.05) is 29.4 Å². The molecule has 0 saturated carbocycles. The van der Waals surface area contributed by atoms with Gasteiger partial charge < -0.3 is 24.1 Å². The van der Waals surface area contributed by atoms with Crippen LogP contribution in [-0.4, -0.2) is 44.1 Å². The van der Waals surface area contributed by atoms with E-state index in [1.165, 1.54) is 21.3 Å². The highest BCUT2D eigenvalue weighted by molar-refractivity contribution is 8.18. The fraction of sp³-hybridized carbons (Fsp3) is 0.217. The molecule has 1 N–H and O–H groups in total. The molecule has 9 heteroatoms. The van der Waals surface area contributed by atoms with Gasteiger partial charge in [-0.25, -0.2) is 9.79 Å². The molecule has 0 unspecified atom stereocenters. The highest BCUT2D eigenvalue weighted by atomic mass is 35.5. The maximum Gasteiger partial charge on any atom is 0.344 e. The van der Waals surface area contributed by atoms with Gasteiger partial charge in [-0.15, -0.1) is 0 Å². The molecule has 0 bridgehead atoms. The smallest absolute Gasteiger partial charge is 0.344 e. The van der Waals surface area contributed by atoms with Gasteiger partial charge in [0.25, 0.3) is 0 Å². The highest BCUT2D eigenvalue weighted by Gasteiger charge is 2.33. The van der Waals surface area contributed by atoms with E-state index in [2.05, 4.69) is 4.99 Å². The second kappa shape index (κ2) is 10.5. The Balaban J connectivity index is 2.09. The standard InChI is InChI=1S/C23H22ClNO6S/c1-5-31-23(27)19-20(26)18(32-22(19)25-15-8-6-7-14(24)12-15)11-13-9-16(28-2)21(30-4)17(10-13)29-3/h6-12,26H,5H2,1-4H3/b18-11+,25-22?. The van der Waals surface area contributed by atoms with Gasteiger partial charge in [0.2, 0.25) is 5.75 Å². The minimum Gasteiger partial charge on any atom is -0.506 e. The van der Waals surface area contributed by atoms with E-state index in [4.69, 9.17) is 30.5 Å². The Bertz CT molecular complexity index is 1100. The Labute approximate surface area is 195 Å². The molecule has 3 rings (SSSR count). The van der Waals surface area contributed by atoms with Crippen molar-refractivity contribution < 1.29 is 28.8 Å². The van der Waals surface area contributed by atoms with Crippen molar-refractivity contribution in [3.63, 3.8) is 0 Å². The van der Waals surface area contributed by atoms with Gasteiger partial charge in [0, 0.05) is 5.02 Å². The zero-order chi connectivity index (χ0) is 23.3. The monoisotopic (exact) mass is 475 g/mol. The molecule has 1 heterocycles. The molecule has 7 nitrogen and oxygen atoms in total. The summed E-state index contributed by atoms with van der Waals surface area (Å²) < 4.78 is 21.3. The van der Waals surface area contributed by atoms with Crippen molar-refractivity contribution in [2.45, 2.75) is 6.92 Å². The topological polar surface area (TPSA) is 86.6 Å². The lowest BCUT2D eigenvalue weighted by Crippen LogP contribution is -2.12. The van der Waals surface area contributed by atoms with Crippen LogP contribution in [0.4, 0.5) is 5.69 Å². The number of methoxy groups -OCH3 is 3. The molecule has 0 aromatic heterocycles. The number of rotatable bonds is 7. The molecule has 0 atom stereocenters. The zero-order valence-corrected chi connectivity index (χ0v) is 19.5. The van der Waals surface area contributed by atoms with Gasteiger partial charge in [-0.3, -0.25) is 0 Å². The summed E-state index contributed by atoms with van der Waals surface area (Å²) in [6, 6.07) is 10.4. The Morgan fingerprint density at radius 1 is 1.12 bits per heavy atom. The van der Waals surface area contributed by atoms with Gasteiger partial charge >= 0.3 is 5.97 Å². The first kappa shape index (κ1) is 23.6. The number of aliphatic hydroxyl groups is 1. The number of hydrogen-bond acceptors (Lipinski definition) is 8. The molecule has 0 amide bonds.